The Morgan fingerprint density at radius 2 is 2.00 bits per heavy atom. The quantitative estimate of drug-likeness (QED) is 0.666. The minimum absolute atomic E-state index is 0.0647. The Hall–Kier alpha value is -2.76. The summed E-state index contributed by atoms with van der Waals surface area (Å²) in [5.41, 5.74) is 5.31. The van der Waals surface area contributed by atoms with E-state index in [0.29, 0.717) is 17.2 Å². The van der Waals surface area contributed by atoms with Crippen LogP contribution in [0.25, 0.3) is 0 Å². The predicted molar refractivity (Wildman–Crippen MR) is 70.1 cm³/mol. The number of rotatable bonds is 3. The molecule has 0 aromatic heterocycles. The fourth-order valence-electron chi connectivity index (χ4n) is 1.92. The van der Waals surface area contributed by atoms with Gasteiger partial charge in [-0.1, -0.05) is 6.07 Å². The molecule has 0 atom stereocenters. The van der Waals surface area contributed by atoms with Crippen LogP contribution in [-0.4, -0.2) is 12.6 Å². The van der Waals surface area contributed by atoms with Gasteiger partial charge in [-0.3, -0.25) is 5.41 Å². The summed E-state index contributed by atoms with van der Waals surface area (Å²) < 4.78 is 29.7. The second-order valence-corrected chi connectivity index (χ2v) is 4.14. The van der Waals surface area contributed by atoms with E-state index < -0.39 is 5.82 Å². The Labute approximate surface area is 114 Å². The second-order valence-electron chi connectivity index (χ2n) is 4.14. The number of hydrogen-bond donors (Lipinski definition) is 2. The zero-order valence-electron chi connectivity index (χ0n) is 10.4. The molecule has 5 nitrogen and oxygen atoms in total. The zero-order chi connectivity index (χ0) is 14.1. The van der Waals surface area contributed by atoms with Gasteiger partial charge in [0, 0.05) is 6.07 Å². The third kappa shape index (κ3) is 2.11. The molecule has 20 heavy (non-hydrogen) atoms. The highest BCUT2D eigenvalue weighted by Gasteiger charge is 2.16. The summed E-state index contributed by atoms with van der Waals surface area (Å²) >= 11 is 0. The molecule has 3 N–H and O–H groups in total. The molecule has 0 amide bonds. The first-order chi connectivity index (χ1) is 9.65. The van der Waals surface area contributed by atoms with Crippen molar-refractivity contribution in [2.75, 3.05) is 6.79 Å². The van der Waals surface area contributed by atoms with Crippen LogP contribution in [0, 0.1) is 11.2 Å². The van der Waals surface area contributed by atoms with Gasteiger partial charge in [0.05, 0.1) is 5.56 Å². The number of benzene rings is 2. The summed E-state index contributed by atoms with van der Waals surface area (Å²) in [6.45, 7) is 0.164. The highest BCUT2D eigenvalue weighted by Crippen LogP contribution is 2.37. The molecule has 3 rings (SSSR count). The van der Waals surface area contributed by atoms with Crippen molar-refractivity contribution in [1.82, 2.24) is 0 Å². The molecule has 0 saturated carbocycles. The molecule has 2 aromatic carbocycles. The number of fused-ring (bicyclic) bond motifs is 1. The van der Waals surface area contributed by atoms with E-state index in [0.717, 1.165) is 0 Å². The summed E-state index contributed by atoms with van der Waals surface area (Å²) in [5, 5.41) is 7.42. The number of hydrogen-bond acceptors (Lipinski definition) is 4. The summed E-state index contributed by atoms with van der Waals surface area (Å²) in [4.78, 5) is 0. The van der Waals surface area contributed by atoms with Crippen molar-refractivity contribution in [3.63, 3.8) is 0 Å². The van der Waals surface area contributed by atoms with Crippen LogP contribution < -0.4 is 19.9 Å². The Kier molecular flexibility index (Phi) is 2.90. The molecule has 0 spiro atoms. The number of amidine groups is 1. The van der Waals surface area contributed by atoms with Crippen molar-refractivity contribution < 1.29 is 18.6 Å². The van der Waals surface area contributed by atoms with Gasteiger partial charge >= 0.3 is 0 Å². The lowest BCUT2D eigenvalue weighted by Gasteiger charge is -2.11. The average Bonchev–Trinajstić information content (AvgIpc) is 2.85. The standard InChI is InChI=1S/C14H11FN2O3/c15-9-2-1-3-11(13(9)14(16)17)20-8-4-5-10-12(6-8)19-7-18-10/h1-6H,7H2,(H3,16,17). The fraction of sp³-hybridized carbons (Fsp3) is 0.0714. The van der Waals surface area contributed by atoms with Crippen LogP contribution in [0.2, 0.25) is 0 Å². The van der Waals surface area contributed by atoms with Gasteiger partial charge in [0.15, 0.2) is 11.5 Å². The lowest BCUT2D eigenvalue weighted by molar-refractivity contribution is 0.174. The molecule has 0 unspecified atom stereocenters. The van der Waals surface area contributed by atoms with Gasteiger partial charge in [-0.05, 0) is 24.3 Å². The van der Waals surface area contributed by atoms with Gasteiger partial charge in [-0.25, -0.2) is 4.39 Å². The lowest BCUT2D eigenvalue weighted by atomic mass is 10.1. The number of nitrogens with two attached hydrogens (primary N) is 1. The molecular formula is C14H11FN2O3. The molecule has 1 aliphatic heterocycles. The van der Waals surface area contributed by atoms with Crippen molar-refractivity contribution in [2.24, 2.45) is 5.73 Å². The highest BCUT2D eigenvalue weighted by molar-refractivity contribution is 5.98. The molecule has 0 bridgehead atoms. The third-order valence-corrected chi connectivity index (χ3v) is 2.82. The molecule has 0 aliphatic carbocycles. The van der Waals surface area contributed by atoms with E-state index in [-0.39, 0.29) is 23.9 Å². The van der Waals surface area contributed by atoms with Crippen LogP contribution in [0.4, 0.5) is 4.39 Å². The van der Waals surface area contributed by atoms with Crippen molar-refractivity contribution in [3.8, 4) is 23.0 Å². The zero-order valence-corrected chi connectivity index (χ0v) is 10.4. The molecule has 1 aliphatic rings. The second kappa shape index (κ2) is 4.73. The number of nitrogen functional groups attached to an aromatic ring is 1. The monoisotopic (exact) mass is 274 g/mol. The predicted octanol–water partition coefficient (Wildman–Crippen LogP) is 2.63. The number of halogens is 1. The van der Waals surface area contributed by atoms with Crippen molar-refractivity contribution in [1.29, 1.82) is 5.41 Å². The van der Waals surface area contributed by atoms with Crippen molar-refractivity contribution in [2.45, 2.75) is 0 Å². The Morgan fingerprint density at radius 3 is 2.80 bits per heavy atom. The van der Waals surface area contributed by atoms with Crippen LogP contribution in [0.15, 0.2) is 36.4 Å². The number of nitrogens with one attached hydrogen (secondary N) is 1. The Balaban J connectivity index is 1.95. The SMILES string of the molecule is N=C(N)c1c(F)cccc1Oc1ccc2c(c1)OCO2. The van der Waals surface area contributed by atoms with Gasteiger partial charge in [0.25, 0.3) is 0 Å². The van der Waals surface area contributed by atoms with Gasteiger partial charge < -0.3 is 19.9 Å². The maximum atomic E-state index is 13.7. The van der Waals surface area contributed by atoms with E-state index in [1.807, 2.05) is 0 Å². The topological polar surface area (TPSA) is 77.6 Å². The third-order valence-electron chi connectivity index (χ3n) is 2.82. The largest absolute Gasteiger partial charge is 0.456 e. The average molecular weight is 274 g/mol. The molecule has 102 valence electrons. The van der Waals surface area contributed by atoms with Gasteiger partial charge in [0.1, 0.15) is 23.2 Å². The molecule has 6 heteroatoms. The molecule has 0 fully saturated rings. The summed E-state index contributed by atoms with van der Waals surface area (Å²) in [6.07, 6.45) is 0. The van der Waals surface area contributed by atoms with Crippen LogP contribution >= 0.6 is 0 Å². The summed E-state index contributed by atoms with van der Waals surface area (Å²) in [5.74, 6) is 0.819. The van der Waals surface area contributed by atoms with Crippen molar-refractivity contribution in [3.05, 3.63) is 47.8 Å². The molecule has 0 saturated heterocycles. The molecule has 1 heterocycles. The van der Waals surface area contributed by atoms with E-state index in [2.05, 4.69) is 0 Å². The van der Waals surface area contributed by atoms with Gasteiger partial charge in [-0.15, -0.1) is 0 Å². The number of ether oxygens (including phenoxy) is 3. The van der Waals surface area contributed by atoms with E-state index in [9.17, 15) is 4.39 Å². The minimum Gasteiger partial charge on any atom is -0.456 e. The smallest absolute Gasteiger partial charge is 0.231 e. The van der Waals surface area contributed by atoms with E-state index in [4.69, 9.17) is 25.4 Å². The fourth-order valence-corrected chi connectivity index (χ4v) is 1.92. The van der Waals surface area contributed by atoms with Crippen LogP contribution in [-0.2, 0) is 0 Å². The minimum atomic E-state index is -0.601. The highest BCUT2D eigenvalue weighted by atomic mass is 19.1. The Bertz CT molecular complexity index is 688. The maximum Gasteiger partial charge on any atom is 0.231 e. The van der Waals surface area contributed by atoms with Crippen LogP contribution in [0.5, 0.6) is 23.0 Å². The van der Waals surface area contributed by atoms with Crippen molar-refractivity contribution >= 4 is 5.84 Å². The lowest BCUT2D eigenvalue weighted by Crippen LogP contribution is -2.14. The first-order valence-corrected chi connectivity index (χ1v) is 5.85. The molecule has 2 aromatic rings. The Morgan fingerprint density at radius 1 is 1.20 bits per heavy atom. The molecular weight excluding hydrogens is 263 g/mol. The first kappa shape index (κ1) is 12.3. The molecule has 0 radical (unpaired) electrons. The normalized spacial score (nSPS) is 12.2. The van der Waals surface area contributed by atoms with Crippen LogP contribution in [0.3, 0.4) is 0 Å². The first-order valence-electron chi connectivity index (χ1n) is 5.85. The summed E-state index contributed by atoms with van der Waals surface area (Å²) in [7, 11) is 0. The van der Waals surface area contributed by atoms with E-state index in [1.54, 1.807) is 24.3 Å². The van der Waals surface area contributed by atoms with Gasteiger partial charge in [-0.2, -0.15) is 0 Å². The van der Waals surface area contributed by atoms with Gasteiger partial charge in [0.2, 0.25) is 6.79 Å². The van der Waals surface area contributed by atoms with E-state index >= 15 is 0 Å². The summed E-state index contributed by atoms with van der Waals surface area (Å²) in [6, 6.07) is 9.27. The maximum absolute atomic E-state index is 13.7. The van der Waals surface area contributed by atoms with E-state index in [1.165, 1.54) is 12.1 Å². The van der Waals surface area contributed by atoms with Crippen LogP contribution in [0.1, 0.15) is 5.56 Å².